The zero-order chi connectivity index (χ0) is 20.4. The van der Waals surface area contributed by atoms with Gasteiger partial charge in [0.1, 0.15) is 30.8 Å². The second kappa shape index (κ2) is 11.1. The van der Waals surface area contributed by atoms with Crippen LogP contribution in [0.1, 0.15) is 22.8 Å². The largest absolute Gasteiger partial charge is 0.492 e. The second-order valence-corrected chi connectivity index (χ2v) is 6.57. The Bertz CT molecular complexity index is 761. The fourth-order valence-electron chi connectivity index (χ4n) is 2.55. The molecule has 2 unspecified atom stereocenters. The van der Waals surface area contributed by atoms with Gasteiger partial charge >= 0.3 is 0 Å². The van der Waals surface area contributed by atoms with Gasteiger partial charge in [0.2, 0.25) is 5.91 Å². The lowest BCUT2D eigenvalue weighted by atomic mass is 10.1. The molecule has 0 heterocycles. The molecule has 1 amide bonds. The highest BCUT2D eigenvalue weighted by atomic mass is 16.5. The molecular formula is C22H28N2O4. The van der Waals surface area contributed by atoms with Gasteiger partial charge in [-0.15, -0.1) is 6.58 Å². The Morgan fingerprint density at radius 1 is 1.18 bits per heavy atom. The lowest BCUT2D eigenvalue weighted by Crippen LogP contribution is -2.39. The van der Waals surface area contributed by atoms with E-state index in [1.54, 1.807) is 24.3 Å². The third-order valence-electron chi connectivity index (χ3n) is 4.11. The SMILES string of the molecule is C=CCc1ccccc1OCC(O)CNC(C)COc1ccc(C(N)=O)cc1. The molecule has 0 aromatic heterocycles. The number of carbonyl (C=O) groups is 1. The van der Waals surface area contributed by atoms with Crippen molar-refractivity contribution in [1.29, 1.82) is 0 Å². The lowest BCUT2D eigenvalue weighted by molar-refractivity contribution is 0.1000. The van der Waals surface area contributed by atoms with Crippen LogP contribution in [0.5, 0.6) is 11.5 Å². The number of benzene rings is 2. The number of hydrogen-bond donors (Lipinski definition) is 3. The zero-order valence-corrected chi connectivity index (χ0v) is 16.1. The van der Waals surface area contributed by atoms with Gasteiger partial charge in [0.15, 0.2) is 0 Å². The second-order valence-electron chi connectivity index (χ2n) is 6.57. The molecule has 2 rings (SSSR count). The first-order chi connectivity index (χ1) is 13.5. The highest BCUT2D eigenvalue weighted by molar-refractivity contribution is 5.92. The molecule has 0 aliphatic heterocycles. The highest BCUT2D eigenvalue weighted by Gasteiger charge is 2.10. The molecule has 28 heavy (non-hydrogen) atoms. The fourth-order valence-corrected chi connectivity index (χ4v) is 2.55. The summed E-state index contributed by atoms with van der Waals surface area (Å²) < 4.78 is 11.4. The van der Waals surface area contributed by atoms with E-state index in [9.17, 15) is 9.90 Å². The number of amides is 1. The van der Waals surface area contributed by atoms with Crippen LogP contribution in [0.25, 0.3) is 0 Å². The first-order valence-corrected chi connectivity index (χ1v) is 9.25. The summed E-state index contributed by atoms with van der Waals surface area (Å²) in [4.78, 5) is 11.1. The molecule has 0 bridgehead atoms. The van der Waals surface area contributed by atoms with E-state index >= 15 is 0 Å². The first-order valence-electron chi connectivity index (χ1n) is 9.25. The summed E-state index contributed by atoms with van der Waals surface area (Å²) in [6.07, 6.45) is 1.90. The minimum Gasteiger partial charge on any atom is -0.492 e. The summed E-state index contributed by atoms with van der Waals surface area (Å²) in [6.45, 7) is 6.71. The molecule has 0 radical (unpaired) electrons. The maximum absolute atomic E-state index is 11.1. The molecule has 2 aromatic rings. The summed E-state index contributed by atoms with van der Waals surface area (Å²) in [5, 5.41) is 13.4. The van der Waals surface area contributed by atoms with E-state index < -0.39 is 12.0 Å². The van der Waals surface area contributed by atoms with Crippen molar-refractivity contribution in [3.05, 3.63) is 72.3 Å². The molecule has 0 aliphatic rings. The zero-order valence-electron chi connectivity index (χ0n) is 16.1. The minimum atomic E-state index is -0.644. The third-order valence-corrected chi connectivity index (χ3v) is 4.11. The smallest absolute Gasteiger partial charge is 0.248 e. The van der Waals surface area contributed by atoms with Gasteiger partial charge < -0.3 is 25.6 Å². The summed E-state index contributed by atoms with van der Waals surface area (Å²) in [6, 6.07) is 14.4. The van der Waals surface area contributed by atoms with Crippen LogP contribution in [0, 0.1) is 0 Å². The lowest BCUT2D eigenvalue weighted by Gasteiger charge is -2.19. The number of ether oxygens (including phenoxy) is 2. The van der Waals surface area contributed by atoms with Crippen LogP contribution >= 0.6 is 0 Å². The van der Waals surface area contributed by atoms with Gasteiger partial charge in [-0.25, -0.2) is 0 Å². The van der Waals surface area contributed by atoms with Gasteiger partial charge in [0, 0.05) is 18.2 Å². The minimum absolute atomic E-state index is 0.0264. The molecule has 0 fully saturated rings. The topological polar surface area (TPSA) is 93.8 Å². The van der Waals surface area contributed by atoms with Crippen LogP contribution in [0.15, 0.2) is 61.2 Å². The highest BCUT2D eigenvalue weighted by Crippen LogP contribution is 2.19. The first kappa shape index (κ1) is 21.5. The molecule has 2 aromatic carbocycles. The number of aliphatic hydroxyl groups is 1. The van der Waals surface area contributed by atoms with E-state index in [0.717, 1.165) is 17.7 Å². The molecule has 0 spiro atoms. The van der Waals surface area contributed by atoms with Crippen LogP contribution in [0.4, 0.5) is 0 Å². The van der Waals surface area contributed by atoms with Crippen LogP contribution in [0.2, 0.25) is 0 Å². The van der Waals surface area contributed by atoms with Crippen LogP contribution in [-0.4, -0.2) is 42.9 Å². The molecule has 0 aliphatic carbocycles. The normalized spacial score (nSPS) is 12.8. The Labute approximate surface area is 166 Å². The quantitative estimate of drug-likeness (QED) is 0.488. The van der Waals surface area contributed by atoms with Crippen molar-refractivity contribution in [2.75, 3.05) is 19.8 Å². The van der Waals surface area contributed by atoms with Crippen molar-refractivity contribution < 1.29 is 19.4 Å². The van der Waals surface area contributed by atoms with Gasteiger partial charge in [0.05, 0.1) is 0 Å². The van der Waals surface area contributed by atoms with Crippen molar-refractivity contribution in [3.63, 3.8) is 0 Å². The summed E-state index contributed by atoms with van der Waals surface area (Å²) >= 11 is 0. The number of rotatable bonds is 12. The molecular weight excluding hydrogens is 356 g/mol. The monoisotopic (exact) mass is 384 g/mol. The van der Waals surface area contributed by atoms with E-state index in [2.05, 4.69) is 11.9 Å². The summed E-state index contributed by atoms with van der Waals surface area (Å²) in [5.41, 5.74) is 6.70. The van der Waals surface area contributed by atoms with Gasteiger partial charge in [-0.2, -0.15) is 0 Å². The van der Waals surface area contributed by atoms with E-state index in [4.69, 9.17) is 15.2 Å². The summed E-state index contributed by atoms with van der Waals surface area (Å²) in [5.74, 6) is 0.948. The number of nitrogens with two attached hydrogens (primary N) is 1. The van der Waals surface area contributed by atoms with Crippen molar-refractivity contribution in [2.24, 2.45) is 5.73 Å². The van der Waals surface area contributed by atoms with E-state index in [0.29, 0.717) is 24.5 Å². The number of carbonyl (C=O) groups excluding carboxylic acids is 1. The Morgan fingerprint density at radius 3 is 2.57 bits per heavy atom. The van der Waals surface area contributed by atoms with E-state index in [-0.39, 0.29) is 12.6 Å². The third kappa shape index (κ3) is 7.06. The number of aliphatic hydroxyl groups excluding tert-OH is 1. The Kier molecular flexibility index (Phi) is 8.52. The molecule has 2 atom stereocenters. The van der Waals surface area contributed by atoms with Crippen molar-refractivity contribution >= 4 is 5.91 Å². The van der Waals surface area contributed by atoms with Gasteiger partial charge in [-0.3, -0.25) is 4.79 Å². The molecule has 6 nitrogen and oxygen atoms in total. The molecule has 4 N–H and O–H groups in total. The van der Waals surface area contributed by atoms with E-state index in [1.165, 1.54) is 0 Å². The van der Waals surface area contributed by atoms with E-state index in [1.807, 2.05) is 37.3 Å². The van der Waals surface area contributed by atoms with Gasteiger partial charge in [-0.1, -0.05) is 24.3 Å². The van der Waals surface area contributed by atoms with Crippen LogP contribution < -0.4 is 20.5 Å². The maximum Gasteiger partial charge on any atom is 0.248 e. The molecule has 150 valence electrons. The van der Waals surface area contributed by atoms with Crippen molar-refractivity contribution in [2.45, 2.75) is 25.5 Å². The average molecular weight is 384 g/mol. The molecule has 6 heteroatoms. The Hall–Kier alpha value is -2.83. The predicted octanol–water partition coefficient (Wildman–Crippen LogP) is 2.31. The number of nitrogens with one attached hydrogen (secondary N) is 1. The van der Waals surface area contributed by atoms with Crippen molar-refractivity contribution in [1.82, 2.24) is 5.32 Å². The predicted molar refractivity (Wildman–Crippen MR) is 110 cm³/mol. The number of primary amides is 1. The number of hydrogen-bond acceptors (Lipinski definition) is 5. The van der Waals surface area contributed by atoms with Crippen LogP contribution in [0.3, 0.4) is 0 Å². The average Bonchev–Trinajstić information content (AvgIpc) is 2.70. The Balaban J connectivity index is 1.70. The Morgan fingerprint density at radius 2 is 1.89 bits per heavy atom. The van der Waals surface area contributed by atoms with Gasteiger partial charge in [-0.05, 0) is 49.2 Å². The molecule has 0 saturated heterocycles. The summed E-state index contributed by atoms with van der Waals surface area (Å²) in [7, 11) is 0. The van der Waals surface area contributed by atoms with Crippen molar-refractivity contribution in [3.8, 4) is 11.5 Å². The number of allylic oxidation sites excluding steroid dienone is 1. The standard InChI is InChI=1S/C22H28N2O4/c1-3-6-17-7-4-5-8-21(17)28-15-19(25)13-24-16(2)14-27-20-11-9-18(10-12-20)22(23)26/h3-5,7-12,16,19,24-25H,1,6,13-15H2,2H3,(H2,23,26). The van der Waals surface area contributed by atoms with Gasteiger partial charge in [0.25, 0.3) is 0 Å². The number of para-hydroxylation sites is 1. The maximum atomic E-state index is 11.1. The fraction of sp³-hybridized carbons (Fsp3) is 0.318. The van der Waals surface area contributed by atoms with Crippen LogP contribution in [-0.2, 0) is 6.42 Å². The molecule has 0 saturated carbocycles.